The van der Waals surface area contributed by atoms with Gasteiger partial charge in [-0.3, -0.25) is 0 Å². The van der Waals surface area contributed by atoms with Crippen LogP contribution in [0.3, 0.4) is 0 Å². The summed E-state index contributed by atoms with van der Waals surface area (Å²) in [6, 6.07) is 86.1. The molecule has 4 aliphatic rings. The van der Waals surface area contributed by atoms with Crippen molar-refractivity contribution in [2.75, 3.05) is 0 Å². The fourth-order valence-corrected chi connectivity index (χ4v) is 17.7. The highest BCUT2D eigenvalue weighted by atomic mass is 14.9. The molecule has 0 N–H and O–H groups in total. The number of rotatable bonds is 5. The molecule has 0 aliphatic heterocycles. The van der Waals surface area contributed by atoms with E-state index in [-0.39, 0.29) is 5.41 Å². The summed E-state index contributed by atoms with van der Waals surface area (Å²) in [6.07, 6.45) is 9.39. The first-order valence-electron chi connectivity index (χ1n) is 38.5. The fourth-order valence-electron chi connectivity index (χ4n) is 17.7. The Morgan fingerprint density at radius 3 is 0.952 bits per heavy atom. The standard InChI is InChI=1S/C28H28N.C25H22N.2C24H20N/c1-18-20-11-8-12-23-21-9-6-7-10-22(21)25(27(20)23)16-24(18)26-15-19(13-14-29(26)5)17-28(2,3)4;1-15-12-24(26(4)14-16(15)2)22-13-23-20-9-6-5-8-19(20)21-11-7-10-18(17(22)3)25(21)23;1-15-11-12-23(25(3)14-15)21-13-22-19-8-5-4-7-18(19)20-10-6-9-17(16(21)2)24(20)22;1-15-11-12-25(3)23(13-15)21-14-22-19-8-5-4-7-18(19)20-10-6-9-17(16(21)2)24(20)22/h6-16H,17H2,1-5H3;5-14H,1-4H3;2*4-14H,1-3H3/q4*+1/i;;1D3;. The zero-order chi connectivity index (χ0) is 75.1. The summed E-state index contributed by atoms with van der Waals surface area (Å²) in [5.74, 6) is 0. The van der Waals surface area contributed by atoms with Gasteiger partial charge in [0.25, 0.3) is 0 Å². The lowest BCUT2D eigenvalue weighted by molar-refractivity contribution is -0.660. The van der Waals surface area contributed by atoms with Crippen LogP contribution in [0.5, 0.6) is 0 Å². The molecular formula is C101H90N4+4. The minimum Gasteiger partial charge on any atom is -0.201 e. The lowest BCUT2D eigenvalue weighted by Crippen LogP contribution is -2.31. The van der Waals surface area contributed by atoms with Crippen LogP contribution in [0.25, 0.3) is 177 Å². The maximum Gasteiger partial charge on any atom is 0.212 e. The van der Waals surface area contributed by atoms with E-state index in [1.165, 1.54) is 210 Å². The number of pyridine rings is 4. The molecule has 0 unspecified atom stereocenters. The Morgan fingerprint density at radius 2 is 0.590 bits per heavy atom. The summed E-state index contributed by atoms with van der Waals surface area (Å²) >= 11 is 0. The average Bonchev–Trinajstić information content (AvgIpc) is 1.58. The Morgan fingerprint density at radius 1 is 0.267 bits per heavy atom. The number of nitrogens with zero attached hydrogens (tertiary/aromatic N) is 4. The molecule has 0 atom stereocenters. The molecule has 4 aliphatic carbocycles. The van der Waals surface area contributed by atoms with Crippen LogP contribution in [-0.2, 0) is 34.6 Å². The normalized spacial score (nSPS) is 12.5. The van der Waals surface area contributed by atoms with Crippen molar-refractivity contribution in [2.24, 2.45) is 33.6 Å². The Bertz CT molecular complexity index is 6500. The summed E-state index contributed by atoms with van der Waals surface area (Å²) in [5, 5.41) is 10.9. The molecule has 0 saturated heterocycles. The largest absolute Gasteiger partial charge is 0.212 e. The maximum absolute atomic E-state index is 7.67. The molecule has 16 aromatic rings. The Balaban J connectivity index is 0.000000106. The molecule has 0 bridgehead atoms. The van der Waals surface area contributed by atoms with Crippen LogP contribution in [0.4, 0.5) is 0 Å². The van der Waals surface area contributed by atoms with Crippen LogP contribution in [0, 0.1) is 60.7 Å². The van der Waals surface area contributed by atoms with E-state index < -0.39 is 6.85 Å². The van der Waals surface area contributed by atoms with Crippen molar-refractivity contribution in [2.45, 2.75) is 82.5 Å². The van der Waals surface area contributed by atoms with E-state index in [9.17, 15) is 0 Å². The highest BCUT2D eigenvalue weighted by Crippen LogP contribution is 2.54. The molecule has 4 nitrogen and oxygen atoms in total. The van der Waals surface area contributed by atoms with Gasteiger partial charge in [0.05, 0.1) is 22.3 Å². The van der Waals surface area contributed by atoms with E-state index in [1.54, 1.807) is 12.3 Å². The SMILES string of the molecule is Cc1c(-c2cc(CC(C)(C)C)cc[n+]2C)cc2c3c(cccc13)-c1ccccc1-2.Cc1cc(-c2cc3c4c(cccc4c2C)-c2ccccc2-3)[n+](C)cc1C.Cc1cc[n+](C)c(-c2cc3c4c(cccc4c2C)-c2ccccc2-3)c1.[2H]C([2H])([2H])c1ccc(-c2cc3c4c(cccc4c2C)-c2ccccc2-3)[n+](C)c1. The number of hydrogen-bond donors (Lipinski definition) is 0. The lowest BCUT2D eigenvalue weighted by atomic mass is 9.87. The minimum absolute atomic E-state index is 0.275. The highest BCUT2D eigenvalue weighted by Gasteiger charge is 2.31. The van der Waals surface area contributed by atoms with Gasteiger partial charge in [-0.15, -0.1) is 0 Å². The second kappa shape index (κ2) is 25.6. The van der Waals surface area contributed by atoms with Crippen molar-refractivity contribution in [1.82, 2.24) is 0 Å². The van der Waals surface area contributed by atoms with Crippen molar-refractivity contribution in [3.63, 3.8) is 0 Å². The van der Waals surface area contributed by atoms with Crippen LogP contribution in [0.1, 0.15) is 75.0 Å². The zero-order valence-electron chi connectivity index (χ0n) is 65.8. The summed E-state index contributed by atoms with van der Waals surface area (Å²) in [6.45, 7) is 20.3. The molecular weight excluding hydrogens is 1270 g/mol. The van der Waals surface area contributed by atoms with Crippen LogP contribution < -0.4 is 18.3 Å². The second-order valence-electron chi connectivity index (χ2n) is 31.0. The maximum atomic E-state index is 7.67. The molecule has 4 heterocycles. The highest BCUT2D eigenvalue weighted by molar-refractivity contribution is 6.21. The molecule has 0 radical (unpaired) electrons. The molecule has 0 fully saturated rings. The van der Waals surface area contributed by atoms with Crippen molar-refractivity contribution in [3.8, 4) is 134 Å². The molecule has 4 aromatic heterocycles. The topological polar surface area (TPSA) is 15.5 Å². The monoisotopic (exact) mass is 1360 g/mol. The third kappa shape index (κ3) is 11.1. The second-order valence-corrected chi connectivity index (χ2v) is 31.0. The molecule has 105 heavy (non-hydrogen) atoms. The van der Waals surface area contributed by atoms with E-state index in [2.05, 4.69) is 347 Å². The molecule has 4 heteroatoms. The summed E-state index contributed by atoms with van der Waals surface area (Å²) in [5.41, 5.74) is 42.6. The third-order valence-corrected chi connectivity index (χ3v) is 23.0. The molecule has 0 spiro atoms. The molecule has 0 saturated carbocycles. The summed E-state index contributed by atoms with van der Waals surface area (Å²) < 4.78 is 31.7. The molecule has 12 aromatic carbocycles. The van der Waals surface area contributed by atoms with Gasteiger partial charge in [-0.2, -0.15) is 0 Å². The quantitative estimate of drug-likeness (QED) is 0.153. The number of aromatic nitrogens is 4. The van der Waals surface area contributed by atoms with Gasteiger partial charge in [0.2, 0.25) is 22.8 Å². The molecule has 0 amide bonds. The summed E-state index contributed by atoms with van der Waals surface area (Å²) in [7, 11) is 8.35. The van der Waals surface area contributed by atoms with E-state index in [4.69, 9.17) is 4.11 Å². The molecule has 510 valence electrons. The van der Waals surface area contributed by atoms with Gasteiger partial charge in [0, 0.05) is 51.6 Å². The van der Waals surface area contributed by atoms with Gasteiger partial charge in [-0.05, 0) is 269 Å². The summed E-state index contributed by atoms with van der Waals surface area (Å²) in [4.78, 5) is 0. The number of hydrogen-bond acceptors (Lipinski definition) is 0. The number of benzene rings is 12. The van der Waals surface area contributed by atoms with Crippen molar-refractivity contribution >= 4 is 43.1 Å². The Hall–Kier alpha value is -11.7. The van der Waals surface area contributed by atoms with Gasteiger partial charge in [0.15, 0.2) is 24.8 Å². The van der Waals surface area contributed by atoms with E-state index in [1.807, 2.05) is 17.7 Å². The lowest BCUT2D eigenvalue weighted by Gasteiger charge is -2.18. The van der Waals surface area contributed by atoms with E-state index >= 15 is 0 Å². The van der Waals surface area contributed by atoms with Crippen LogP contribution in [-0.4, -0.2) is 0 Å². The van der Waals surface area contributed by atoms with Gasteiger partial charge in [0.1, 0.15) is 28.2 Å². The average molecular weight is 1360 g/mol. The first-order chi connectivity index (χ1) is 51.9. The van der Waals surface area contributed by atoms with Crippen LogP contribution >= 0.6 is 0 Å². The Labute approximate surface area is 623 Å². The first kappa shape index (κ1) is 63.0. The van der Waals surface area contributed by atoms with Crippen LogP contribution in [0.2, 0.25) is 0 Å². The fraction of sp³-hybridized carbons (Fsp3) is 0.168. The van der Waals surface area contributed by atoms with Crippen molar-refractivity contribution in [3.05, 3.63) is 311 Å². The van der Waals surface area contributed by atoms with E-state index in [0.717, 1.165) is 17.7 Å². The predicted molar refractivity (Wildman–Crippen MR) is 441 cm³/mol. The van der Waals surface area contributed by atoms with Gasteiger partial charge >= 0.3 is 0 Å². The van der Waals surface area contributed by atoms with Gasteiger partial charge in [-0.25, -0.2) is 18.3 Å². The first-order valence-corrected chi connectivity index (χ1v) is 37.0. The van der Waals surface area contributed by atoms with Crippen molar-refractivity contribution in [1.29, 1.82) is 0 Å². The van der Waals surface area contributed by atoms with Crippen LogP contribution in [0.15, 0.2) is 261 Å². The van der Waals surface area contributed by atoms with Gasteiger partial charge < -0.3 is 0 Å². The minimum atomic E-state index is -2.10. The predicted octanol–water partition coefficient (Wildman–Crippen LogP) is 24.0. The number of aryl methyl sites for hydroxylation is 12. The molecule has 20 rings (SSSR count). The van der Waals surface area contributed by atoms with E-state index in [0.29, 0.717) is 5.56 Å². The zero-order valence-corrected chi connectivity index (χ0v) is 62.8. The van der Waals surface area contributed by atoms with Gasteiger partial charge in [-0.1, -0.05) is 191 Å². The number of fused-ring (bicyclic) bond motifs is 12. The Kier molecular flexibility index (Phi) is 15.4. The smallest absolute Gasteiger partial charge is 0.201 e. The third-order valence-electron chi connectivity index (χ3n) is 23.0. The van der Waals surface area contributed by atoms with Crippen molar-refractivity contribution < 1.29 is 22.4 Å².